The molecule has 0 aromatic heterocycles. The maximum absolute atomic E-state index is 11.8. The molecule has 2 aliphatic rings. The average Bonchev–Trinajstić information content (AvgIpc) is 3.22. The quantitative estimate of drug-likeness (QED) is 0.531. The number of hydrogen-bond acceptors (Lipinski definition) is 4. The van der Waals surface area contributed by atoms with E-state index in [1.807, 2.05) is 18.2 Å². The van der Waals surface area contributed by atoms with Gasteiger partial charge in [0.25, 0.3) is 5.91 Å². The van der Waals surface area contributed by atoms with Crippen LogP contribution in [0.5, 0.6) is 0 Å². The summed E-state index contributed by atoms with van der Waals surface area (Å²) in [7, 11) is 1.66. The molecular weight excluding hydrogens is 366 g/mol. The fourth-order valence-electron chi connectivity index (χ4n) is 4.05. The van der Waals surface area contributed by atoms with Crippen molar-refractivity contribution in [3.05, 3.63) is 35.4 Å². The summed E-state index contributed by atoms with van der Waals surface area (Å²) < 4.78 is 5.46. The summed E-state index contributed by atoms with van der Waals surface area (Å²) in [6.07, 6.45) is 2.04. The molecule has 1 aromatic rings. The van der Waals surface area contributed by atoms with Gasteiger partial charge in [0.15, 0.2) is 5.96 Å². The average molecular weight is 402 g/mol. The Labute approximate surface area is 174 Å². The van der Waals surface area contributed by atoms with Gasteiger partial charge in [0.05, 0.1) is 13.2 Å². The zero-order valence-corrected chi connectivity index (χ0v) is 17.8. The molecule has 1 aromatic carbocycles. The van der Waals surface area contributed by atoms with E-state index in [0.29, 0.717) is 18.0 Å². The highest BCUT2D eigenvalue weighted by molar-refractivity contribution is 5.94. The molecule has 7 heteroatoms. The molecule has 160 valence electrons. The second-order valence-corrected chi connectivity index (χ2v) is 7.78. The molecule has 1 amide bonds. The summed E-state index contributed by atoms with van der Waals surface area (Å²) in [5.74, 6) is 1.66. The number of carbonyl (C=O) groups is 1. The lowest BCUT2D eigenvalue weighted by molar-refractivity contribution is 0.0315. The molecule has 1 atom stereocenters. The second-order valence-electron chi connectivity index (χ2n) is 7.78. The third-order valence-electron chi connectivity index (χ3n) is 5.62. The van der Waals surface area contributed by atoms with Crippen molar-refractivity contribution in [1.29, 1.82) is 0 Å². The van der Waals surface area contributed by atoms with Crippen LogP contribution in [-0.2, 0) is 11.2 Å². The Hall–Kier alpha value is -2.12. The number of likely N-dealkylation sites (tertiary alicyclic amines) is 1. The number of nitrogens with zero attached hydrogens (tertiary/aromatic N) is 3. The summed E-state index contributed by atoms with van der Waals surface area (Å²) in [5.41, 5.74) is 1.84. The Morgan fingerprint density at radius 2 is 2.10 bits per heavy atom. The maximum atomic E-state index is 11.8. The van der Waals surface area contributed by atoms with E-state index in [-0.39, 0.29) is 5.91 Å². The van der Waals surface area contributed by atoms with E-state index in [1.165, 1.54) is 6.42 Å². The highest BCUT2D eigenvalue weighted by Crippen LogP contribution is 2.18. The summed E-state index contributed by atoms with van der Waals surface area (Å²) >= 11 is 0. The minimum atomic E-state index is -0.0490. The van der Waals surface area contributed by atoms with Crippen molar-refractivity contribution in [2.24, 2.45) is 10.9 Å². The molecule has 0 bridgehead atoms. The Morgan fingerprint density at radius 3 is 2.86 bits per heavy atom. The van der Waals surface area contributed by atoms with Gasteiger partial charge in [-0.25, -0.2) is 0 Å². The number of hydrogen-bond donors (Lipinski definition) is 2. The zero-order chi connectivity index (χ0) is 20.5. The first-order valence-corrected chi connectivity index (χ1v) is 10.8. The number of guanidine groups is 1. The summed E-state index contributed by atoms with van der Waals surface area (Å²) in [6, 6.07) is 7.79. The molecule has 0 spiro atoms. The minimum Gasteiger partial charge on any atom is -0.379 e. The van der Waals surface area contributed by atoms with E-state index in [1.54, 1.807) is 7.05 Å². The first-order valence-electron chi connectivity index (χ1n) is 10.8. The van der Waals surface area contributed by atoms with Crippen molar-refractivity contribution in [1.82, 2.24) is 20.4 Å². The molecule has 29 heavy (non-hydrogen) atoms. The Kier molecular flexibility index (Phi) is 8.31. The van der Waals surface area contributed by atoms with Crippen molar-refractivity contribution >= 4 is 11.9 Å². The minimum absolute atomic E-state index is 0.0490. The number of nitrogens with one attached hydrogen (secondary N) is 2. The van der Waals surface area contributed by atoms with Crippen molar-refractivity contribution < 1.29 is 9.53 Å². The second kappa shape index (κ2) is 11.2. The Morgan fingerprint density at radius 1 is 1.28 bits per heavy atom. The van der Waals surface area contributed by atoms with E-state index in [4.69, 9.17) is 9.73 Å². The first kappa shape index (κ1) is 21.6. The number of rotatable bonds is 7. The normalized spacial score (nSPS) is 20.7. The third kappa shape index (κ3) is 6.44. The molecule has 2 heterocycles. The topological polar surface area (TPSA) is 69.2 Å². The van der Waals surface area contributed by atoms with Crippen LogP contribution in [0.15, 0.2) is 29.3 Å². The maximum Gasteiger partial charge on any atom is 0.251 e. The van der Waals surface area contributed by atoms with E-state index in [0.717, 1.165) is 70.4 Å². The fraction of sp³-hybridized carbons (Fsp3) is 0.636. The largest absolute Gasteiger partial charge is 0.379 e. The molecule has 0 saturated carbocycles. The number of amides is 1. The monoisotopic (exact) mass is 401 g/mol. The van der Waals surface area contributed by atoms with E-state index >= 15 is 0 Å². The van der Waals surface area contributed by atoms with Gasteiger partial charge in [-0.15, -0.1) is 0 Å². The van der Waals surface area contributed by atoms with Crippen molar-refractivity contribution in [2.45, 2.75) is 19.8 Å². The number of carbonyl (C=O) groups excluding carboxylic acids is 1. The first-order chi connectivity index (χ1) is 14.2. The summed E-state index contributed by atoms with van der Waals surface area (Å²) in [4.78, 5) is 21.6. The van der Waals surface area contributed by atoms with Gasteiger partial charge in [-0.1, -0.05) is 12.1 Å². The standard InChI is InChI=1S/C22H35N5O2/c1-3-24-22(25-9-7-18-5-4-6-20(15-18)21(28)23-2)27-10-8-19(17-27)16-26-11-13-29-14-12-26/h4-6,15,19H,3,7-14,16-17H2,1-2H3,(H,23,28)(H,24,25). The van der Waals surface area contributed by atoms with Crippen LogP contribution in [0.25, 0.3) is 0 Å². The number of morpholine rings is 1. The molecule has 7 nitrogen and oxygen atoms in total. The molecule has 0 radical (unpaired) electrons. The van der Waals surface area contributed by atoms with Gasteiger partial charge in [0.2, 0.25) is 0 Å². The lowest BCUT2D eigenvalue weighted by Gasteiger charge is -2.29. The van der Waals surface area contributed by atoms with Crippen molar-refractivity contribution in [3.8, 4) is 0 Å². The molecule has 2 aliphatic heterocycles. The van der Waals surface area contributed by atoms with Crippen molar-refractivity contribution in [2.75, 3.05) is 66.1 Å². The predicted molar refractivity (Wildman–Crippen MR) is 116 cm³/mol. The Bertz CT molecular complexity index is 688. The molecule has 2 N–H and O–H groups in total. The lowest BCUT2D eigenvalue weighted by Crippen LogP contribution is -2.42. The fourth-order valence-corrected chi connectivity index (χ4v) is 4.05. The lowest BCUT2D eigenvalue weighted by atomic mass is 10.1. The highest BCUT2D eigenvalue weighted by atomic mass is 16.5. The zero-order valence-electron chi connectivity index (χ0n) is 17.8. The van der Waals surface area contributed by atoms with Gasteiger partial charge in [-0.3, -0.25) is 14.7 Å². The van der Waals surface area contributed by atoms with Crippen LogP contribution in [0.4, 0.5) is 0 Å². The van der Waals surface area contributed by atoms with Gasteiger partial charge < -0.3 is 20.3 Å². The van der Waals surface area contributed by atoms with Crippen LogP contribution in [0.3, 0.4) is 0 Å². The van der Waals surface area contributed by atoms with Gasteiger partial charge in [-0.2, -0.15) is 0 Å². The molecule has 3 rings (SSSR count). The van der Waals surface area contributed by atoms with Crippen LogP contribution in [0.1, 0.15) is 29.3 Å². The summed E-state index contributed by atoms with van der Waals surface area (Å²) in [6.45, 7) is 10.8. The SMILES string of the molecule is CCNC(=NCCc1cccc(C(=O)NC)c1)N1CCC(CN2CCOCC2)C1. The van der Waals surface area contributed by atoms with Crippen LogP contribution in [0, 0.1) is 5.92 Å². The number of aliphatic imine (C=N–C) groups is 1. The van der Waals surface area contributed by atoms with Crippen LogP contribution >= 0.6 is 0 Å². The van der Waals surface area contributed by atoms with E-state index in [9.17, 15) is 4.79 Å². The van der Waals surface area contributed by atoms with Crippen LogP contribution < -0.4 is 10.6 Å². The van der Waals surface area contributed by atoms with E-state index in [2.05, 4.69) is 33.4 Å². The van der Waals surface area contributed by atoms with Gasteiger partial charge in [0.1, 0.15) is 0 Å². The molecule has 2 saturated heterocycles. The summed E-state index contributed by atoms with van der Waals surface area (Å²) in [5, 5.41) is 6.13. The predicted octanol–water partition coefficient (Wildman–Crippen LogP) is 1.21. The molecular formula is C22H35N5O2. The van der Waals surface area contributed by atoms with Crippen LogP contribution in [0.2, 0.25) is 0 Å². The molecule has 0 aliphatic carbocycles. The third-order valence-corrected chi connectivity index (χ3v) is 5.62. The van der Waals surface area contributed by atoms with Gasteiger partial charge in [0, 0.05) is 58.4 Å². The van der Waals surface area contributed by atoms with Gasteiger partial charge in [-0.05, 0) is 43.4 Å². The highest BCUT2D eigenvalue weighted by Gasteiger charge is 2.27. The number of benzene rings is 1. The Balaban J connectivity index is 1.52. The van der Waals surface area contributed by atoms with Crippen molar-refractivity contribution in [3.63, 3.8) is 0 Å². The molecule has 1 unspecified atom stereocenters. The smallest absolute Gasteiger partial charge is 0.251 e. The number of ether oxygens (including phenoxy) is 1. The van der Waals surface area contributed by atoms with Crippen LogP contribution in [-0.4, -0.2) is 87.7 Å². The van der Waals surface area contributed by atoms with E-state index < -0.39 is 0 Å². The van der Waals surface area contributed by atoms with Gasteiger partial charge >= 0.3 is 0 Å². The molecule has 2 fully saturated rings.